The average molecular weight is 413 g/mol. The number of benzene rings is 3. The van der Waals surface area contributed by atoms with Gasteiger partial charge in [0.2, 0.25) is 0 Å². The summed E-state index contributed by atoms with van der Waals surface area (Å²) in [5.41, 5.74) is 2.91. The van der Waals surface area contributed by atoms with Crippen LogP contribution >= 0.6 is 0 Å². The summed E-state index contributed by atoms with van der Waals surface area (Å²) < 4.78 is 5.49. The molecule has 1 N–H and O–H groups in total. The third kappa shape index (κ3) is 3.82. The van der Waals surface area contributed by atoms with Crippen LogP contribution in [0.25, 0.3) is 5.76 Å². The van der Waals surface area contributed by atoms with Crippen molar-refractivity contribution in [2.75, 3.05) is 11.5 Å². The highest BCUT2D eigenvalue weighted by Gasteiger charge is 2.46. The SMILES string of the molecule is CCOc1ccc(N2C(=O)C(=O)/C(=C(/O)c3ccc(C)cc3)C2c2ccccc2)cc1. The van der Waals surface area contributed by atoms with Crippen LogP contribution in [-0.2, 0) is 9.59 Å². The Morgan fingerprint density at radius 2 is 1.58 bits per heavy atom. The van der Waals surface area contributed by atoms with E-state index in [0.29, 0.717) is 23.6 Å². The number of carbonyl (C=O) groups excluding carboxylic acids is 2. The molecule has 1 aliphatic heterocycles. The molecule has 0 spiro atoms. The fourth-order valence-electron chi connectivity index (χ4n) is 3.79. The van der Waals surface area contributed by atoms with Crippen LogP contribution in [0, 0.1) is 6.92 Å². The van der Waals surface area contributed by atoms with E-state index in [1.807, 2.05) is 56.3 Å². The van der Waals surface area contributed by atoms with Gasteiger partial charge in [0.1, 0.15) is 11.5 Å². The normalized spacial score (nSPS) is 17.7. The number of ether oxygens (including phenoxy) is 1. The van der Waals surface area contributed by atoms with Crippen LogP contribution in [0.4, 0.5) is 5.69 Å². The van der Waals surface area contributed by atoms with Crippen LogP contribution in [0.15, 0.2) is 84.4 Å². The molecule has 1 saturated heterocycles. The second kappa shape index (κ2) is 8.48. The monoisotopic (exact) mass is 413 g/mol. The minimum atomic E-state index is -0.736. The van der Waals surface area contributed by atoms with Crippen LogP contribution in [-0.4, -0.2) is 23.4 Å². The lowest BCUT2D eigenvalue weighted by molar-refractivity contribution is -0.132. The quantitative estimate of drug-likeness (QED) is 0.362. The van der Waals surface area contributed by atoms with Crippen molar-refractivity contribution >= 4 is 23.1 Å². The Bertz CT molecular complexity index is 1130. The number of amides is 1. The summed E-state index contributed by atoms with van der Waals surface area (Å²) in [4.78, 5) is 27.6. The van der Waals surface area contributed by atoms with Crippen molar-refractivity contribution in [2.24, 2.45) is 0 Å². The summed E-state index contributed by atoms with van der Waals surface area (Å²) >= 11 is 0. The molecule has 0 aromatic heterocycles. The number of anilines is 1. The zero-order chi connectivity index (χ0) is 22.0. The predicted octanol–water partition coefficient (Wildman–Crippen LogP) is 5.02. The molecular formula is C26H23NO4. The first-order chi connectivity index (χ1) is 15.0. The van der Waals surface area contributed by atoms with Crippen molar-refractivity contribution in [3.63, 3.8) is 0 Å². The Morgan fingerprint density at radius 3 is 2.19 bits per heavy atom. The highest BCUT2D eigenvalue weighted by Crippen LogP contribution is 2.42. The number of nitrogens with zero attached hydrogens (tertiary/aromatic N) is 1. The van der Waals surface area contributed by atoms with Crippen molar-refractivity contribution in [1.82, 2.24) is 0 Å². The summed E-state index contributed by atoms with van der Waals surface area (Å²) in [7, 11) is 0. The molecule has 5 nitrogen and oxygen atoms in total. The van der Waals surface area contributed by atoms with E-state index in [1.165, 1.54) is 4.90 Å². The molecule has 1 amide bonds. The zero-order valence-electron chi connectivity index (χ0n) is 17.4. The number of aliphatic hydroxyl groups is 1. The fraction of sp³-hybridized carbons (Fsp3) is 0.154. The summed E-state index contributed by atoms with van der Waals surface area (Å²) in [6.07, 6.45) is 0. The van der Waals surface area contributed by atoms with Gasteiger partial charge in [-0.3, -0.25) is 14.5 Å². The maximum atomic E-state index is 13.1. The average Bonchev–Trinajstić information content (AvgIpc) is 3.06. The van der Waals surface area contributed by atoms with Crippen LogP contribution in [0.5, 0.6) is 5.75 Å². The molecule has 156 valence electrons. The second-order valence-electron chi connectivity index (χ2n) is 7.37. The molecule has 5 heteroatoms. The van der Waals surface area contributed by atoms with Crippen LogP contribution < -0.4 is 9.64 Å². The van der Waals surface area contributed by atoms with E-state index in [-0.39, 0.29) is 11.3 Å². The van der Waals surface area contributed by atoms with Crippen molar-refractivity contribution in [3.05, 3.63) is 101 Å². The van der Waals surface area contributed by atoms with Gasteiger partial charge in [0.25, 0.3) is 11.7 Å². The first-order valence-corrected chi connectivity index (χ1v) is 10.2. The predicted molar refractivity (Wildman–Crippen MR) is 120 cm³/mol. The van der Waals surface area contributed by atoms with Gasteiger partial charge in [-0.25, -0.2) is 0 Å². The number of Topliss-reactive ketones (excluding diaryl/α,β-unsaturated/α-hetero) is 1. The van der Waals surface area contributed by atoms with Crippen molar-refractivity contribution in [3.8, 4) is 5.75 Å². The topological polar surface area (TPSA) is 66.8 Å². The smallest absolute Gasteiger partial charge is 0.300 e. The standard InChI is InChI=1S/C26H23NO4/c1-3-31-21-15-13-20(14-16-21)27-23(18-7-5-4-6-8-18)22(25(29)26(27)30)24(28)19-11-9-17(2)10-12-19/h4-16,23,28H,3H2,1-2H3/b24-22+. The first kappa shape index (κ1) is 20.4. The van der Waals surface area contributed by atoms with E-state index in [4.69, 9.17) is 4.74 Å². The van der Waals surface area contributed by atoms with Gasteiger partial charge in [0.05, 0.1) is 18.2 Å². The van der Waals surface area contributed by atoms with Crippen LogP contribution in [0.2, 0.25) is 0 Å². The van der Waals surface area contributed by atoms with Gasteiger partial charge >= 0.3 is 0 Å². The van der Waals surface area contributed by atoms with Gasteiger partial charge in [-0.2, -0.15) is 0 Å². The lowest BCUT2D eigenvalue weighted by Crippen LogP contribution is -2.29. The van der Waals surface area contributed by atoms with Crippen LogP contribution in [0.1, 0.15) is 29.7 Å². The number of aryl methyl sites for hydroxylation is 1. The Morgan fingerprint density at radius 1 is 0.935 bits per heavy atom. The minimum Gasteiger partial charge on any atom is -0.507 e. The zero-order valence-corrected chi connectivity index (χ0v) is 17.4. The summed E-state index contributed by atoms with van der Waals surface area (Å²) in [5, 5.41) is 11.1. The molecule has 1 aliphatic rings. The highest BCUT2D eigenvalue weighted by molar-refractivity contribution is 6.51. The fourth-order valence-corrected chi connectivity index (χ4v) is 3.79. The van der Waals surface area contributed by atoms with Crippen LogP contribution in [0.3, 0.4) is 0 Å². The molecular weight excluding hydrogens is 390 g/mol. The number of carbonyl (C=O) groups is 2. The summed E-state index contributed by atoms with van der Waals surface area (Å²) in [6.45, 7) is 4.37. The molecule has 0 aliphatic carbocycles. The second-order valence-corrected chi connectivity index (χ2v) is 7.37. The number of hydrogen-bond acceptors (Lipinski definition) is 4. The van der Waals surface area contributed by atoms with Gasteiger partial charge in [0, 0.05) is 11.3 Å². The summed E-state index contributed by atoms with van der Waals surface area (Å²) in [6, 6.07) is 22.8. The van der Waals surface area contributed by atoms with Gasteiger partial charge < -0.3 is 9.84 Å². The Hall–Kier alpha value is -3.86. The maximum absolute atomic E-state index is 13.1. The number of rotatable bonds is 5. The molecule has 3 aromatic rings. The third-order valence-corrected chi connectivity index (χ3v) is 5.31. The van der Waals surface area contributed by atoms with E-state index >= 15 is 0 Å². The summed E-state index contributed by atoms with van der Waals surface area (Å²) in [5.74, 6) is -0.883. The van der Waals surface area contributed by atoms with E-state index in [1.54, 1.807) is 36.4 Å². The number of ketones is 1. The van der Waals surface area contributed by atoms with Crippen molar-refractivity contribution in [1.29, 1.82) is 0 Å². The molecule has 1 fully saturated rings. The Balaban J connectivity index is 1.87. The molecule has 0 bridgehead atoms. The molecule has 0 radical (unpaired) electrons. The van der Waals surface area contributed by atoms with Gasteiger partial charge in [-0.05, 0) is 43.7 Å². The lowest BCUT2D eigenvalue weighted by atomic mass is 9.95. The highest BCUT2D eigenvalue weighted by atomic mass is 16.5. The maximum Gasteiger partial charge on any atom is 0.300 e. The largest absolute Gasteiger partial charge is 0.507 e. The molecule has 0 saturated carbocycles. The molecule has 31 heavy (non-hydrogen) atoms. The van der Waals surface area contributed by atoms with E-state index < -0.39 is 17.7 Å². The molecule has 1 unspecified atom stereocenters. The van der Waals surface area contributed by atoms with Gasteiger partial charge in [0.15, 0.2) is 0 Å². The Labute approximate surface area is 181 Å². The molecule has 3 aromatic carbocycles. The molecule has 1 heterocycles. The minimum absolute atomic E-state index is 0.0777. The first-order valence-electron chi connectivity index (χ1n) is 10.2. The van der Waals surface area contributed by atoms with Crippen molar-refractivity contribution in [2.45, 2.75) is 19.9 Å². The van der Waals surface area contributed by atoms with E-state index in [0.717, 1.165) is 11.1 Å². The number of aliphatic hydroxyl groups excluding tert-OH is 1. The lowest BCUT2D eigenvalue weighted by Gasteiger charge is -2.25. The number of hydrogen-bond donors (Lipinski definition) is 1. The molecule has 1 atom stereocenters. The van der Waals surface area contributed by atoms with Gasteiger partial charge in [-0.1, -0.05) is 60.2 Å². The molecule has 4 rings (SSSR count). The third-order valence-electron chi connectivity index (χ3n) is 5.31. The Kier molecular flexibility index (Phi) is 5.58. The van der Waals surface area contributed by atoms with E-state index in [2.05, 4.69) is 0 Å². The van der Waals surface area contributed by atoms with Gasteiger partial charge in [-0.15, -0.1) is 0 Å². The van der Waals surface area contributed by atoms with E-state index in [9.17, 15) is 14.7 Å². The van der Waals surface area contributed by atoms with Crippen molar-refractivity contribution < 1.29 is 19.4 Å².